The number of hydrogen-bond donors (Lipinski definition) is 1. The quantitative estimate of drug-likeness (QED) is 0.861. The predicted molar refractivity (Wildman–Crippen MR) is 83.6 cm³/mol. The Morgan fingerprint density at radius 3 is 2.40 bits per heavy atom. The van der Waals surface area contributed by atoms with E-state index in [-0.39, 0.29) is 11.4 Å². The fourth-order valence-corrected chi connectivity index (χ4v) is 4.78. The first kappa shape index (κ1) is 15.8. The molecule has 0 radical (unpaired) electrons. The van der Waals surface area contributed by atoms with Crippen molar-refractivity contribution < 1.29 is 4.79 Å². The number of piperidine rings is 1. The molecule has 0 aromatic heterocycles. The molecule has 2 aliphatic rings. The van der Waals surface area contributed by atoms with Gasteiger partial charge >= 0.3 is 0 Å². The van der Waals surface area contributed by atoms with Crippen LogP contribution in [0.4, 0.5) is 0 Å². The largest absolute Gasteiger partial charge is 0.350 e. The van der Waals surface area contributed by atoms with E-state index in [0.717, 1.165) is 25.9 Å². The third kappa shape index (κ3) is 4.47. The Morgan fingerprint density at radius 1 is 1.15 bits per heavy atom. The Balaban J connectivity index is 1.88. The number of amides is 1. The van der Waals surface area contributed by atoms with Crippen molar-refractivity contribution in [2.45, 2.75) is 71.8 Å². The standard InChI is InChI=1S/C17H32N2O/c1-14-10-16(2,3)13-17(4,11-14)18-15(20)12-19-8-6-5-7-9-19/h14H,5-13H2,1-4H3,(H,18,20). The van der Waals surface area contributed by atoms with Gasteiger partial charge in [0.1, 0.15) is 0 Å². The molecule has 1 saturated carbocycles. The Labute approximate surface area is 124 Å². The second kappa shape index (κ2) is 6.05. The molecule has 1 aliphatic carbocycles. The van der Waals surface area contributed by atoms with E-state index in [0.29, 0.717) is 17.9 Å². The van der Waals surface area contributed by atoms with Crippen LogP contribution in [-0.2, 0) is 4.79 Å². The van der Waals surface area contributed by atoms with E-state index in [1.165, 1.54) is 25.7 Å². The van der Waals surface area contributed by atoms with Crippen LogP contribution >= 0.6 is 0 Å². The molecular weight excluding hydrogens is 248 g/mol. The monoisotopic (exact) mass is 280 g/mol. The molecule has 3 heteroatoms. The highest BCUT2D eigenvalue weighted by Gasteiger charge is 2.40. The molecule has 2 rings (SSSR count). The fraction of sp³-hybridized carbons (Fsp3) is 0.941. The van der Waals surface area contributed by atoms with Crippen LogP contribution in [0.3, 0.4) is 0 Å². The van der Waals surface area contributed by atoms with Gasteiger partial charge < -0.3 is 5.32 Å². The maximum atomic E-state index is 12.3. The number of likely N-dealkylation sites (tertiary alicyclic amines) is 1. The third-order valence-corrected chi connectivity index (χ3v) is 4.83. The highest BCUT2D eigenvalue weighted by Crippen LogP contribution is 2.43. The van der Waals surface area contributed by atoms with Crippen molar-refractivity contribution in [3.63, 3.8) is 0 Å². The van der Waals surface area contributed by atoms with E-state index in [4.69, 9.17) is 0 Å². The average molecular weight is 280 g/mol. The van der Waals surface area contributed by atoms with Crippen molar-refractivity contribution in [3.8, 4) is 0 Å². The molecular formula is C17H32N2O. The first-order chi connectivity index (χ1) is 9.28. The zero-order valence-corrected chi connectivity index (χ0v) is 13.8. The van der Waals surface area contributed by atoms with E-state index in [1.807, 2.05) is 0 Å². The number of nitrogens with one attached hydrogen (secondary N) is 1. The van der Waals surface area contributed by atoms with Gasteiger partial charge in [0.2, 0.25) is 5.91 Å². The summed E-state index contributed by atoms with van der Waals surface area (Å²) in [6.07, 6.45) is 7.29. The number of carbonyl (C=O) groups excluding carboxylic acids is 1. The molecule has 2 fully saturated rings. The van der Waals surface area contributed by atoms with Gasteiger partial charge in [0.25, 0.3) is 0 Å². The summed E-state index contributed by atoms with van der Waals surface area (Å²) in [6, 6.07) is 0. The van der Waals surface area contributed by atoms with Crippen molar-refractivity contribution >= 4 is 5.91 Å². The van der Waals surface area contributed by atoms with Gasteiger partial charge in [-0.15, -0.1) is 0 Å². The molecule has 1 saturated heterocycles. The first-order valence-corrected chi connectivity index (χ1v) is 8.31. The highest BCUT2D eigenvalue weighted by molar-refractivity contribution is 5.78. The third-order valence-electron chi connectivity index (χ3n) is 4.83. The molecule has 1 N–H and O–H groups in total. The topological polar surface area (TPSA) is 32.3 Å². The minimum absolute atomic E-state index is 0.0198. The maximum Gasteiger partial charge on any atom is 0.234 e. The van der Waals surface area contributed by atoms with Gasteiger partial charge in [0.15, 0.2) is 0 Å². The Hall–Kier alpha value is -0.570. The van der Waals surface area contributed by atoms with Crippen molar-refractivity contribution in [2.24, 2.45) is 11.3 Å². The van der Waals surface area contributed by atoms with Crippen LogP contribution in [0.5, 0.6) is 0 Å². The smallest absolute Gasteiger partial charge is 0.234 e. The van der Waals surface area contributed by atoms with Crippen molar-refractivity contribution in [2.75, 3.05) is 19.6 Å². The molecule has 2 unspecified atom stereocenters. The first-order valence-electron chi connectivity index (χ1n) is 8.31. The molecule has 3 nitrogen and oxygen atoms in total. The molecule has 0 aromatic carbocycles. The summed E-state index contributed by atoms with van der Waals surface area (Å²) < 4.78 is 0. The summed E-state index contributed by atoms with van der Waals surface area (Å²) in [4.78, 5) is 14.7. The Bertz CT molecular complexity index is 347. The van der Waals surface area contributed by atoms with E-state index in [9.17, 15) is 4.79 Å². The SMILES string of the molecule is CC1CC(C)(C)CC(C)(NC(=O)CN2CCCCC2)C1. The Kier molecular flexibility index (Phi) is 4.78. The summed E-state index contributed by atoms with van der Waals surface area (Å²) in [6.45, 7) is 12.0. The normalized spacial score (nSPS) is 34.7. The molecule has 1 amide bonds. The highest BCUT2D eigenvalue weighted by atomic mass is 16.2. The number of nitrogens with zero attached hydrogens (tertiary/aromatic N) is 1. The van der Waals surface area contributed by atoms with E-state index < -0.39 is 0 Å². The van der Waals surface area contributed by atoms with Crippen LogP contribution in [0.15, 0.2) is 0 Å². The van der Waals surface area contributed by atoms with Gasteiger partial charge in [-0.1, -0.05) is 27.2 Å². The lowest BCUT2D eigenvalue weighted by Crippen LogP contribution is -2.54. The van der Waals surface area contributed by atoms with E-state index in [2.05, 4.69) is 37.9 Å². The van der Waals surface area contributed by atoms with E-state index >= 15 is 0 Å². The maximum absolute atomic E-state index is 12.3. The lowest BCUT2D eigenvalue weighted by molar-refractivity contribution is -0.125. The average Bonchev–Trinajstić information content (AvgIpc) is 2.25. The van der Waals surface area contributed by atoms with Gasteiger partial charge in [0, 0.05) is 5.54 Å². The van der Waals surface area contributed by atoms with Crippen LogP contribution < -0.4 is 5.32 Å². The molecule has 0 bridgehead atoms. The molecule has 116 valence electrons. The van der Waals surface area contributed by atoms with Crippen LogP contribution in [0.1, 0.15) is 66.2 Å². The summed E-state index contributed by atoms with van der Waals surface area (Å²) in [5.41, 5.74) is 0.318. The molecule has 2 atom stereocenters. The molecule has 1 aliphatic heterocycles. The second-order valence-corrected chi connectivity index (χ2v) is 8.30. The molecule has 1 heterocycles. The van der Waals surface area contributed by atoms with Crippen LogP contribution in [0.25, 0.3) is 0 Å². The lowest BCUT2D eigenvalue weighted by atomic mass is 9.65. The fourth-order valence-electron chi connectivity index (χ4n) is 4.78. The summed E-state index contributed by atoms with van der Waals surface area (Å²) in [7, 11) is 0. The van der Waals surface area contributed by atoms with Gasteiger partial charge in [-0.05, 0) is 63.5 Å². The number of carbonyl (C=O) groups is 1. The molecule has 20 heavy (non-hydrogen) atoms. The summed E-state index contributed by atoms with van der Waals surface area (Å²) in [5, 5.41) is 3.35. The minimum atomic E-state index is -0.0198. The minimum Gasteiger partial charge on any atom is -0.350 e. The number of rotatable bonds is 3. The predicted octanol–water partition coefficient (Wildman–Crippen LogP) is 3.19. The Morgan fingerprint density at radius 2 is 1.80 bits per heavy atom. The van der Waals surface area contributed by atoms with Gasteiger partial charge in [-0.3, -0.25) is 9.69 Å². The zero-order valence-electron chi connectivity index (χ0n) is 13.8. The van der Waals surface area contributed by atoms with Crippen molar-refractivity contribution in [1.29, 1.82) is 0 Å². The lowest BCUT2D eigenvalue weighted by Gasteiger charge is -2.46. The van der Waals surface area contributed by atoms with E-state index in [1.54, 1.807) is 0 Å². The zero-order chi connectivity index (χ0) is 14.8. The molecule has 0 aromatic rings. The van der Waals surface area contributed by atoms with Crippen LogP contribution in [-0.4, -0.2) is 36.0 Å². The van der Waals surface area contributed by atoms with Crippen molar-refractivity contribution in [3.05, 3.63) is 0 Å². The van der Waals surface area contributed by atoms with Crippen molar-refractivity contribution in [1.82, 2.24) is 10.2 Å². The number of hydrogen-bond acceptors (Lipinski definition) is 2. The summed E-state index contributed by atoms with van der Waals surface area (Å²) >= 11 is 0. The van der Waals surface area contributed by atoms with Gasteiger partial charge in [-0.2, -0.15) is 0 Å². The van der Waals surface area contributed by atoms with Gasteiger partial charge in [0.05, 0.1) is 6.54 Å². The van der Waals surface area contributed by atoms with Crippen LogP contribution in [0, 0.1) is 11.3 Å². The second-order valence-electron chi connectivity index (χ2n) is 8.30. The van der Waals surface area contributed by atoms with Gasteiger partial charge in [-0.25, -0.2) is 0 Å². The summed E-state index contributed by atoms with van der Waals surface area (Å²) in [5.74, 6) is 0.915. The molecule has 0 spiro atoms. The van der Waals surface area contributed by atoms with Crippen LogP contribution in [0.2, 0.25) is 0 Å².